The molecule has 1 aromatic carbocycles. The van der Waals surface area contributed by atoms with Gasteiger partial charge < -0.3 is 5.32 Å². The van der Waals surface area contributed by atoms with Crippen molar-refractivity contribution in [3.8, 4) is 0 Å². The molecule has 2 nitrogen and oxygen atoms in total. The summed E-state index contributed by atoms with van der Waals surface area (Å²) < 4.78 is 1.20. The van der Waals surface area contributed by atoms with Gasteiger partial charge in [0.15, 0.2) is 0 Å². The van der Waals surface area contributed by atoms with E-state index < -0.39 is 0 Å². The summed E-state index contributed by atoms with van der Waals surface area (Å²) in [7, 11) is 0. The SMILES string of the molecule is CCC(C)NCc1nc2cc(Cl)ccc2s1. The van der Waals surface area contributed by atoms with Crippen molar-refractivity contribution in [3.05, 3.63) is 28.2 Å². The first-order valence-electron chi connectivity index (χ1n) is 5.47. The molecule has 1 unspecified atom stereocenters. The molecule has 0 bridgehead atoms. The minimum atomic E-state index is 0.538. The molecule has 86 valence electrons. The number of nitrogens with one attached hydrogen (secondary N) is 1. The fourth-order valence-electron chi connectivity index (χ4n) is 1.43. The third-order valence-electron chi connectivity index (χ3n) is 2.61. The van der Waals surface area contributed by atoms with Gasteiger partial charge in [-0.15, -0.1) is 11.3 Å². The van der Waals surface area contributed by atoms with Gasteiger partial charge in [-0.2, -0.15) is 0 Å². The van der Waals surface area contributed by atoms with Crippen molar-refractivity contribution >= 4 is 33.2 Å². The van der Waals surface area contributed by atoms with Crippen molar-refractivity contribution in [2.24, 2.45) is 0 Å². The quantitative estimate of drug-likeness (QED) is 0.897. The molecule has 0 amide bonds. The lowest BCUT2D eigenvalue weighted by atomic mass is 10.3. The second-order valence-corrected chi connectivity index (χ2v) is 5.46. The van der Waals surface area contributed by atoms with Gasteiger partial charge in [-0.05, 0) is 31.5 Å². The molecule has 1 N–H and O–H groups in total. The maximum Gasteiger partial charge on any atom is 0.108 e. The molecule has 2 aromatic rings. The monoisotopic (exact) mass is 254 g/mol. The highest BCUT2D eigenvalue weighted by atomic mass is 35.5. The van der Waals surface area contributed by atoms with E-state index in [0.29, 0.717) is 6.04 Å². The number of halogens is 1. The number of aromatic nitrogens is 1. The van der Waals surface area contributed by atoms with Gasteiger partial charge in [-0.3, -0.25) is 0 Å². The fraction of sp³-hybridized carbons (Fsp3) is 0.417. The average Bonchev–Trinajstić information content (AvgIpc) is 2.67. The van der Waals surface area contributed by atoms with Crippen molar-refractivity contribution in [2.45, 2.75) is 32.9 Å². The topological polar surface area (TPSA) is 24.9 Å². The van der Waals surface area contributed by atoms with Crippen LogP contribution in [0.3, 0.4) is 0 Å². The van der Waals surface area contributed by atoms with Gasteiger partial charge in [0, 0.05) is 17.6 Å². The highest BCUT2D eigenvalue weighted by Gasteiger charge is 2.05. The van der Waals surface area contributed by atoms with Crippen LogP contribution in [0.5, 0.6) is 0 Å². The van der Waals surface area contributed by atoms with Crippen LogP contribution >= 0.6 is 22.9 Å². The van der Waals surface area contributed by atoms with Gasteiger partial charge in [0.2, 0.25) is 0 Å². The molecular weight excluding hydrogens is 240 g/mol. The summed E-state index contributed by atoms with van der Waals surface area (Å²) in [6.45, 7) is 5.20. The van der Waals surface area contributed by atoms with Crippen LogP contribution in [0.4, 0.5) is 0 Å². The summed E-state index contributed by atoms with van der Waals surface area (Å²) in [5.41, 5.74) is 0.999. The molecule has 1 aromatic heterocycles. The molecule has 4 heteroatoms. The van der Waals surface area contributed by atoms with E-state index in [2.05, 4.69) is 24.1 Å². The summed E-state index contributed by atoms with van der Waals surface area (Å²) in [5.74, 6) is 0. The Morgan fingerprint density at radius 1 is 1.50 bits per heavy atom. The molecule has 0 aliphatic carbocycles. The third kappa shape index (κ3) is 2.73. The lowest BCUT2D eigenvalue weighted by molar-refractivity contribution is 0.533. The minimum absolute atomic E-state index is 0.538. The van der Waals surface area contributed by atoms with Crippen molar-refractivity contribution in [2.75, 3.05) is 0 Å². The largest absolute Gasteiger partial charge is 0.308 e. The van der Waals surface area contributed by atoms with Gasteiger partial charge in [0.05, 0.1) is 10.2 Å². The first-order chi connectivity index (χ1) is 7.69. The Hall–Kier alpha value is -0.640. The van der Waals surface area contributed by atoms with E-state index >= 15 is 0 Å². The number of rotatable bonds is 4. The first kappa shape index (κ1) is 11.8. The number of fused-ring (bicyclic) bond motifs is 1. The smallest absolute Gasteiger partial charge is 0.108 e. The second-order valence-electron chi connectivity index (χ2n) is 3.91. The van der Waals surface area contributed by atoms with Gasteiger partial charge in [0.25, 0.3) is 0 Å². The van der Waals surface area contributed by atoms with E-state index in [1.165, 1.54) is 4.70 Å². The van der Waals surface area contributed by atoms with Crippen LogP contribution in [0.25, 0.3) is 10.2 Å². The zero-order chi connectivity index (χ0) is 11.5. The highest BCUT2D eigenvalue weighted by molar-refractivity contribution is 7.18. The van der Waals surface area contributed by atoms with Crippen molar-refractivity contribution in [3.63, 3.8) is 0 Å². The summed E-state index contributed by atoms with van der Waals surface area (Å²) in [6.07, 6.45) is 1.14. The van der Waals surface area contributed by atoms with E-state index in [0.717, 1.165) is 28.5 Å². The molecule has 0 aliphatic rings. The Balaban J connectivity index is 2.13. The lowest BCUT2D eigenvalue weighted by Gasteiger charge is -2.08. The molecule has 0 radical (unpaired) electrons. The average molecular weight is 255 g/mol. The maximum absolute atomic E-state index is 5.93. The maximum atomic E-state index is 5.93. The highest BCUT2D eigenvalue weighted by Crippen LogP contribution is 2.24. The normalized spacial score (nSPS) is 13.2. The molecule has 2 rings (SSSR count). The van der Waals surface area contributed by atoms with E-state index in [9.17, 15) is 0 Å². The number of hydrogen-bond donors (Lipinski definition) is 1. The third-order valence-corrected chi connectivity index (χ3v) is 3.88. The Bertz CT molecular complexity index is 481. The minimum Gasteiger partial charge on any atom is -0.308 e. The van der Waals surface area contributed by atoms with Crippen LogP contribution in [0.2, 0.25) is 5.02 Å². The lowest BCUT2D eigenvalue weighted by Crippen LogP contribution is -2.24. The molecule has 16 heavy (non-hydrogen) atoms. The zero-order valence-corrected chi connectivity index (χ0v) is 11.0. The van der Waals surface area contributed by atoms with Gasteiger partial charge in [-0.1, -0.05) is 18.5 Å². The molecule has 1 heterocycles. The Morgan fingerprint density at radius 2 is 2.31 bits per heavy atom. The summed E-state index contributed by atoms with van der Waals surface area (Å²) in [5, 5.41) is 5.31. The van der Waals surface area contributed by atoms with Crippen molar-refractivity contribution < 1.29 is 0 Å². The van der Waals surface area contributed by atoms with E-state index in [1.807, 2.05) is 18.2 Å². The van der Waals surface area contributed by atoms with E-state index in [4.69, 9.17) is 11.6 Å². The predicted octanol–water partition coefficient (Wildman–Crippen LogP) is 3.84. The molecule has 0 saturated carbocycles. The second kappa shape index (κ2) is 5.13. The molecule has 0 fully saturated rings. The number of nitrogens with zero attached hydrogens (tertiary/aromatic N) is 1. The van der Waals surface area contributed by atoms with Crippen molar-refractivity contribution in [1.82, 2.24) is 10.3 Å². The van der Waals surface area contributed by atoms with Crippen LogP contribution < -0.4 is 5.32 Å². The Kier molecular flexibility index (Phi) is 3.79. The Labute approximate surface area is 105 Å². The van der Waals surface area contributed by atoms with Crippen molar-refractivity contribution in [1.29, 1.82) is 0 Å². The van der Waals surface area contributed by atoms with Gasteiger partial charge in [-0.25, -0.2) is 4.98 Å². The van der Waals surface area contributed by atoms with Crippen LogP contribution in [0, 0.1) is 0 Å². The number of hydrogen-bond acceptors (Lipinski definition) is 3. The fourth-order valence-corrected chi connectivity index (χ4v) is 2.49. The zero-order valence-electron chi connectivity index (χ0n) is 9.46. The molecular formula is C12H15ClN2S. The van der Waals surface area contributed by atoms with Gasteiger partial charge in [0.1, 0.15) is 5.01 Å². The van der Waals surface area contributed by atoms with Crippen LogP contribution in [0.1, 0.15) is 25.3 Å². The molecule has 0 saturated heterocycles. The van der Waals surface area contributed by atoms with Crippen LogP contribution in [-0.2, 0) is 6.54 Å². The summed E-state index contributed by atoms with van der Waals surface area (Å²) in [6, 6.07) is 6.39. The Morgan fingerprint density at radius 3 is 3.06 bits per heavy atom. The van der Waals surface area contributed by atoms with E-state index in [-0.39, 0.29) is 0 Å². The first-order valence-corrected chi connectivity index (χ1v) is 6.67. The number of benzene rings is 1. The van der Waals surface area contributed by atoms with Gasteiger partial charge >= 0.3 is 0 Å². The number of thiazole rings is 1. The molecule has 0 aliphatic heterocycles. The molecule has 0 spiro atoms. The van der Waals surface area contributed by atoms with Crippen LogP contribution in [-0.4, -0.2) is 11.0 Å². The standard InChI is InChI=1S/C12H15ClN2S/c1-3-8(2)14-7-12-15-10-6-9(13)4-5-11(10)16-12/h4-6,8,14H,3,7H2,1-2H3. The molecule has 1 atom stereocenters. The summed E-state index contributed by atoms with van der Waals surface area (Å²) >= 11 is 7.65. The van der Waals surface area contributed by atoms with E-state index in [1.54, 1.807) is 11.3 Å². The summed E-state index contributed by atoms with van der Waals surface area (Å²) in [4.78, 5) is 4.55. The predicted molar refractivity (Wildman–Crippen MR) is 71.2 cm³/mol. The van der Waals surface area contributed by atoms with Crippen LogP contribution in [0.15, 0.2) is 18.2 Å².